The Bertz CT molecular complexity index is 1590. The molecular weight excluding hydrogens is 596 g/mol. The first kappa shape index (κ1) is 31.5. The molecule has 0 amide bonds. The Morgan fingerprint density at radius 2 is 1.39 bits per heavy atom. The summed E-state index contributed by atoms with van der Waals surface area (Å²) in [5.74, 6) is -4.97. The number of aromatic hydroxyl groups is 4. The van der Waals surface area contributed by atoms with Crippen molar-refractivity contribution in [3.8, 4) is 45.8 Å². The third kappa shape index (κ3) is 5.34. The van der Waals surface area contributed by atoms with Gasteiger partial charge in [0.25, 0.3) is 0 Å². The van der Waals surface area contributed by atoms with Crippen molar-refractivity contribution in [3.05, 3.63) is 34.5 Å². The molecule has 2 aliphatic heterocycles. The van der Waals surface area contributed by atoms with E-state index in [4.69, 9.17) is 23.4 Å². The van der Waals surface area contributed by atoms with E-state index in [1.54, 1.807) is 0 Å². The minimum atomic E-state index is -1.97. The van der Waals surface area contributed by atoms with Gasteiger partial charge in [-0.2, -0.15) is 0 Å². The first-order valence-electron chi connectivity index (χ1n) is 13.2. The van der Waals surface area contributed by atoms with Gasteiger partial charge in [0.1, 0.15) is 53.9 Å². The fourth-order valence-corrected chi connectivity index (χ4v) is 4.86. The monoisotopic (exact) mass is 626 g/mol. The van der Waals surface area contributed by atoms with Crippen LogP contribution in [0.2, 0.25) is 0 Å². The van der Waals surface area contributed by atoms with E-state index in [-0.39, 0.29) is 5.56 Å². The number of fused-ring (bicyclic) bond motifs is 1. The molecule has 5 rings (SSSR count). The predicted molar refractivity (Wildman–Crippen MR) is 142 cm³/mol. The number of aliphatic hydroxyl groups excluding tert-OH is 7. The summed E-state index contributed by atoms with van der Waals surface area (Å²) in [6.07, 6.45) is -16.6. The molecule has 17 heteroatoms. The zero-order valence-corrected chi connectivity index (χ0v) is 22.7. The normalized spacial score (nSPS) is 32.5. The molecule has 3 aromatic rings. The second-order valence-electron chi connectivity index (χ2n) is 10.4. The van der Waals surface area contributed by atoms with Gasteiger partial charge < -0.3 is 79.5 Å². The number of rotatable bonds is 6. The van der Waals surface area contributed by atoms with Gasteiger partial charge in [0.2, 0.25) is 29.5 Å². The number of ether oxygens (including phenoxy) is 4. The highest BCUT2D eigenvalue weighted by Gasteiger charge is 2.46. The second-order valence-corrected chi connectivity index (χ2v) is 10.4. The summed E-state index contributed by atoms with van der Waals surface area (Å²) in [6.45, 7) is 0.560. The number of phenols is 4. The fraction of sp³-hybridized carbons (Fsp3) is 0.444. The SMILES string of the molecule is C[C@@H]1O[C@@H](Oc2cc(O)c3c(=O)c(O[C@@H]4O[C@H](CO)[C@@H](O)[C@H](O)[C@H]4O)c(-c4ccc(O)c(O)c4)oc3c2O)[C@H](O)[C@H](O)[C@H]1O. The number of hydrogen-bond donors (Lipinski definition) is 11. The Hall–Kier alpha value is -3.91. The molecule has 11 N–H and O–H groups in total. The summed E-state index contributed by atoms with van der Waals surface area (Å²) in [4.78, 5) is 13.8. The van der Waals surface area contributed by atoms with Crippen LogP contribution in [0.4, 0.5) is 0 Å². The molecule has 2 aliphatic rings. The summed E-state index contributed by atoms with van der Waals surface area (Å²) < 4.78 is 27.5. The smallest absolute Gasteiger partial charge is 0.239 e. The van der Waals surface area contributed by atoms with Crippen LogP contribution in [0.25, 0.3) is 22.3 Å². The molecule has 0 aliphatic carbocycles. The molecular formula is C27H30O17. The summed E-state index contributed by atoms with van der Waals surface area (Å²) in [6, 6.07) is 3.89. The average molecular weight is 627 g/mol. The number of hydrogen-bond acceptors (Lipinski definition) is 17. The van der Waals surface area contributed by atoms with Crippen LogP contribution < -0.4 is 14.9 Å². The summed E-state index contributed by atoms with van der Waals surface area (Å²) in [5, 5.41) is 112. The first-order chi connectivity index (χ1) is 20.7. The molecule has 0 saturated carbocycles. The van der Waals surface area contributed by atoms with Crippen molar-refractivity contribution in [2.75, 3.05) is 6.61 Å². The highest BCUT2D eigenvalue weighted by atomic mass is 16.7. The highest BCUT2D eigenvalue weighted by Crippen LogP contribution is 2.45. The van der Waals surface area contributed by atoms with E-state index in [0.29, 0.717) is 0 Å². The molecule has 0 radical (unpaired) electrons. The van der Waals surface area contributed by atoms with E-state index in [0.717, 1.165) is 24.3 Å². The van der Waals surface area contributed by atoms with Crippen molar-refractivity contribution in [2.45, 2.75) is 68.3 Å². The van der Waals surface area contributed by atoms with Gasteiger partial charge >= 0.3 is 0 Å². The van der Waals surface area contributed by atoms with Gasteiger partial charge in [0.05, 0.1) is 12.7 Å². The molecule has 1 aromatic heterocycles. The van der Waals surface area contributed by atoms with Crippen molar-refractivity contribution >= 4 is 11.0 Å². The standard InChI is InChI=1S/C27H30O17/c1-7-15(32)19(36)21(38)26(40-7)41-12-5-11(31)14-18(35)25(44-27-22(39)20(37)16(33)13(6-28)42-27)23(43-24(14)17(12)34)8-2-3-9(29)10(30)4-8/h2-5,7,13,15-16,19-22,26-34,36-39H,6H2,1H3/t7-,13+,15-,16+,19+,20-,21+,22+,26-,27-/m0/s1. The molecule has 0 unspecified atom stereocenters. The molecule has 3 heterocycles. The number of phenolic OH excluding ortho intramolecular Hbond substituents is 4. The van der Waals surface area contributed by atoms with Gasteiger partial charge in [-0.05, 0) is 25.1 Å². The van der Waals surface area contributed by atoms with Crippen LogP contribution in [0.15, 0.2) is 33.5 Å². The van der Waals surface area contributed by atoms with Crippen molar-refractivity contribution in [3.63, 3.8) is 0 Å². The number of aliphatic hydroxyl groups is 7. The fourth-order valence-electron chi connectivity index (χ4n) is 4.86. The molecule has 2 aromatic carbocycles. The number of benzene rings is 2. The summed E-state index contributed by atoms with van der Waals surface area (Å²) in [7, 11) is 0. The van der Waals surface area contributed by atoms with E-state index >= 15 is 0 Å². The lowest BCUT2D eigenvalue weighted by atomic mass is 9.99. The third-order valence-corrected chi connectivity index (χ3v) is 7.41. The highest BCUT2D eigenvalue weighted by molar-refractivity contribution is 5.93. The van der Waals surface area contributed by atoms with Crippen LogP contribution in [0, 0.1) is 0 Å². The Morgan fingerprint density at radius 1 is 0.750 bits per heavy atom. The minimum absolute atomic E-state index is 0.152. The minimum Gasteiger partial charge on any atom is -0.507 e. The van der Waals surface area contributed by atoms with Crippen molar-refractivity contribution < 1.29 is 79.5 Å². The lowest BCUT2D eigenvalue weighted by molar-refractivity contribution is -0.277. The maximum absolute atomic E-state index is 13.8. The van der Waals surface area contributed by atoms with E-state index < -0.39 is 125 Å². The van der Waals surface area contributed by atoms with Crippen LogP contribution in [-0.4, -0.2) is 124 Å². The van der Waals surface area contributed by atoms with Gasteiger partial charge in [-0.1, -0.05) is 0 Å². The Labute approximate surface area is 246 Å². The van der Waals surface area contributed by atoms with E-state index in [1.165, 1.54) is 6.92 Å². The van der Waals surface area contributed by atoms with Crippen LogP contribution in [0.5, 0.6) is 34.5 Å². The average Bonchev–Trinajstić information content (AvgIpc) is 2.99. The Kier molecular flexibility index (Phi) is 8.51. The summed E-state index contributed by atoms with van der Waals surface area (Å²) in [5.41, 5.74) is -2.06. The Balaban J connectivity index is 1.65. The van der Waals surface area contributed by atoms with Crippen LogP contribution >= 0.6 is 0 Å². The molecule has 17 nitrogen and oxygen atoms in total. The van der Waals surface area contributed by atoms with Gasteiger partial charge in [-0.15, -0.1) is 0 Å². The third-order valence-electron chi connectivity index (χ3n) is 7.41. The molecule has 0 bridgehead atoms. The lowest BCUT2D eigenvalue weighted by Crippen LogP contribution is -2.60. The van der Waals surface area contributed by atoms with Crippen molar-refractivity contribution in [2.24, 2.45) is 0 Å². The molecule has 2 fully saturated rings. The maximum Gasteiger partial charge on any atom is 0.239 e. The van der Waals surface area contributed by atoms with E-state index in [2.05, 4.69) is 0 Å². The van der Waals surface area contributed by atoms with E-state index in [9.17, 15) is 61.0 Å². The topological polar surface area (TPSA) is 290 Å². The lowest BCUT2D eigenvalue weighted by Gasteiger charge is -2.39. The second kappa shape index (κ2) is 11.9. The summed E-state index contributed by atoms with van der Waals surface area (Å²) >= 11 is 0. The van der Waals surface area contributed by atoms with Crippen LogP contribution in [0.1, 0.15) is 6.92 Å². The van der Waals surface area contributed by atoms with E-state index in [1.807, 2.05) is 0 Å². The van der Waals surface area contributed by atoms with Gasteiger partial charge in [0.15, 0.2) is 28.6 Å². The largest absolute Gasteiger partial charge is 0.507 e. The van der Waals surface area contributed by atoms with Gasteiger partial charge in [-0.25, -0.2) is 0 Å². The first-order valence-corrected chi connectivity index (χ1v) is 13.2. The predicted octanol–water partition coefficient (Wildman–Crippen LogP) is -2.33. The van der Waals surface area contributed by atoms with Crippen LogP contribution in [-0.2, 0) is 9.47 Å². The zero-order valence-electron chi connectivity index (χ0n) is 22.7. The van der Waals surface area contributed by atoms with Gasteiger partial charge in [-0.3, -0.25) is 4.79 Å². The molecule has 10 atom stereocenters. The molecule has 44 heavy (non-hydrogen) atoms. The van der Waals surface area contributed by atoms with Crippen LogP contribution in [0.3, 0.4) is 0 Å². The van der Waals surface area contributed by atoms with Crippen molar-refractivity contribution in [1.82, 2.24) is 0 Å². The maximum atomic E-state index is 13.8. The molecule has 0 spiro atoms. The molecule has 240 valence electrons. The van der Waals surface area contributed by atoms with Crippen molar-refractivity contribution in [1.29, 1.82) is 0 Å². The Morgan fingerprint density at radius 3 is 2.02 bits per heavy atom. The quantitative estimate of drug-likeness (QED) is 0.101. The zero-order chi connectivity index (χ0) is 32.2. The molecule has 2 saturated heterocycles. The van der Waals surface area contributed by atoms with Gasteiger partial charge in [0, 0.05) is 11.6 Å².